The molecule has 0 spiro atoms. The number of carboxylic acids is 1. The number of amides is 1. The van der Waals surface area contributed by atoms with Crippen LogP contribution >= 0.6 is 24.0 Å². The summed E-state index contributed by atoms with van der Waals surface area (Å²) in [5, 5.41) is 9.02. The molecule has 0 atom stereocenters. The molecular weight excluding hydrogens is 430 g/mol. The maximum Gasteiger partial charge on any atom is 0.335 e. The molecule has 5 nitrogen and oxygen atoms in total. The summed E-state index contributed by atoms with van der Waals surface area (Å²) in [5.41, 5.74) is 4.34. The molecule has 1 amide bonds. The maximum atomic E-state index is 12.9. The van der Waals surface area contributed by atoms with Gasteiger partial charge in [0.2, 0.25) is 0 Å². The minimum atomic E-state index is -0.977. The summed E-state index contributed by atoms with van der Waals surface area (Å²) in [6.45, 7) is 4.51. The Hall–Kier alpha value is -3.16. The molecule has 0 bridgehead atoms. The van der Waals surface area contributed by atoms with Gasteiger partial charge in [0.05, 0.1) is 17.0 Å². The molecule has 31 heavy (non-hydrogen) atoms. The summed E-state index contributed by atoms with van der Waals surface area (Å²) in [5.74, 6) is 0.00607. The highest BCUT2D eigenvalue weighted by molar-refractivity contribution is 8.26. The quantitative estimate of drug-likeness (QED) is 0.400. The Morgan fingerprint density at radius 2 is 1.87 bits per heavy atom. The molecule has 156 valence electrons. The van der Waals surface area contributed by atoms with Crippen LogP contribution in [0, 0.1) is 13.8 Å². The zero-order valence-corrected chi connectivity index (χ0v) is 18.5. The summed E-state index contributed by atoms with van der Waals surface area (Å²) in [7, 11) is 0. The number of aromatic carboxylic acids is 1. The molecule has 7 heteroatoms. The van der Waals surface area contributed by atoms with Crippen molar-refractivity contribution in [2.45, 2.75) is 20.4 Å². The van der Waals surface area contributed by atoms with E-state index in [1.807, 2.05) is 26.0 Å². The second-order valence-corrected chi connectivity index (χ2v) is 8.96. The zero-order valence-electron chi connectivity index (χ0n) is 16.9. The van der Waals surface area contributed by atoms with Crippen molar-refractivity contribution in [3.63, 3.8) is 0 Å². The normalized spacial score (nSPS) is 15.2. The Kier molecular flexibility index (Phi) is 5.80. The van der Waals surface area contributed by atoms with E-state index in [1.165, 1.54) is 29.5 Å². The van der Waals surface area contributed by atoms with Gasteiger partial charge in [-0.3, -0.25) is 9.69 Å². The van der Waals surface area contributed by atoms with Crippen LogP contribution in [-0.2, 0) is 11.3 Å². The summed E-state index contributed by atoms with van der Waals surface area (Å²) in [6.07, 6.45) is 1.69. The van der Waals surface area contributed by atoms with Crippen LogP contribution in [0.25, 0.3) is 17.4 Å². The lowest BCUT2D eigenvalue weighted by Crippen LogP contribution is -2.27. The van der Waals surface area contributed by atoms with Crippen LogP contribution in [0.2, 0.25) is 0 Å². The molecule has 0 radical (unpaired) electrons. The average Bonchev–Trinajstić information content (AvgIpc) is 3.30. The fourth-order valence-electron chi connectivity index (χ4n) is 3.32. The molecule has 1 aliphatic rings. The molecular formula is C24H19NO4S2. The van der Waals surface area contributed by atoms with Gasteiger partial charge >= 0.3 is 5.97 Å². The highest BCUT2D eigenvalue weighted by atomic mass is 32.2. The van der Waals surface area contributed by atoms with Gasteiger partial charge in [0, 0.05) is 11.6 Å². The lowest BCUT2D eigenvalue weighted by molar-refractivity contribution is -0.122. The number of thioether (sulfide) groups is 1. The largest absolute Gasteiger partial charge is 0.478 e. The van der Waals surface area contributed by atoms with E-state index in [4.69, 9.17) is 21.7 Å². The van der Waals surface area contributed by atoms with Crippen LogP contribution < -0.4 is 0 Å². The van der Waals surface area contributed by atoms with E-state index in [0.717, 1.165) is 16.7 Å². The Bertz CT molecular complexity index is 1220. The monoisotopic (exact) mass is 449 g/mol. The fourth-order valence-corrected chi connectivity index (χ4v) is 4.56. The number of carbonyl (C=O) groups excluding carboxylic acids is 1. The van der Waals surface area contributed by atoms with Gasteiger partial charge in [0.1, 0.15) is 15.8 Å². The molecule has 1 fully saturated rings. The van der Waals surface area contributed by atoms with Crippen LogP contribution in [0.15, 0.2) is 63.9 Å². The molecule has 0 aliphatic carbocycles. The van der Waals surface area contributed by atoms with Crippen LogP contribution in [-0.4, -0.2) is 26.2 Å². The third kappa shape index (κ3) is 4.47. The first-order chi connectivity index (χ1) is 14.8. The van der Waals surface area contributed by atoms with E-state index in [-0.39, 0.29) is 11.5 Å². The second kappa shape index (κ2) is 8.53. The summed E-state index contributed by atoms with van der Waals surface area (Å²) < 4.78 is 6.37. The molecule has 1 saturated heterocycles. The number of carbonyl (C=O) groups is 2. The van der Waals surface area contributed by atoms with Crippen LogP contribution in [0.1, 0.15) is 32.8 Å². The molecule has 3 aromatic rings. The Morgan fingerprint density at radius 1 is 1.13 bits per heavy atom. The molecule has 2 aromatic carbocycles. The van der Waals surface area contributed by atoms with E-state index < -0.39 is 5.97 Å². The van der Waals surface area contributed by atoms with E-state index in [0.29, 0.717) is 27.3 Å². The lowest BCUT2D eigenvalue weighted by atomic mass is 10.1. The van der Waals surface area contributed by atoms with E-state index in [2.05, 4.69) is 6.07 Å². The summed E-state index contributed by atoms with van der Waals surface area (Å²) in [4.78, 5) is 26.1. The number of nitrogens with zero attached hydrogens (tertiary/aromatic N) is 1. The van der Waals surface area contributed by atoms with Gasteiger partial charge in [-0.05, 0) is 49.2 Å². The highest BCUT2D eigenvalue weighted by Crippen LogP contribution is 2.35. The van der Waals surface area contributed by atoms with Gasteiger partial charge in [-0.2, -0.15) is 0 Å². The SMILES string of the molecule is Cc1ccc(CN2C(=O)C(=Cc3ccc(-c4ccc(C(=O)O)cc4)o3)SC2=S)c(C)c1. The molecule has 1 N–H and O–H groups in total. The fraction of sp³-hybridized carbons (Fsp3) is 0.125. The molecule has 4 rings (SSSR count). The van der Waals surface area contributed by atoms with Gasteiger partial charge in [0.15, 0.2) is 0 Å². The first-order valence-electron chi connectivity index (χ1n) is 9.57. The molecule has 0 unspecified atom stereocenters. The zero-order chi connectivity index (χ0) is 22.1. The maximum absolute atomic E-state index is 12.9. The van der Waals surface area contributed by atoms with Crippen LogP contribution in [0.3, 0.4) is 0 Å². The topological polar surface area (TPSA) is 70.8 Å². The van der Waals surface area contributed by atoms with Crippen molar-refractivity contribution in [1.82, 2.24) is 4.90 Å². The molecule has 1 aromatic heterocycles. The second-order valence-electron chi connectivity index (χ2n) is 7.28. The van der Waals surface area contributed by atoms with Crippen molar-refractivity contribution in [1.29, 1.82) is 0 Å². The minimum absolute atomic E-state index is 0.140. The van der Waals surface area contributed by atoms with E-state index in [1.54, 1.807) is 35.2 Å². The average molecular weight is 450 g/mol. The third-order valence-electron chi connectivity index (χ3n) is 5.02. The standard InChI is InChI=1S/C24H19NO4S2/c1-14-3-4-18(15(2)11-14)13-25-22(26)21(31-24(25)30)12-19-9-10-20(29-19)16-5-7-17(8-6-16)23(27)28/h3-12H,13H2,1-2H3,(H,27,28). The van der Waals surface area contributed by atoms with Gasteiger partial charge in [0.25, 0.3) is 5.91 Å². The third-order valence-corrected chi connectivity index (χ3v) is 6.39. The number of aryl methyl sites for hydroxylation is 2. The smallest absolute Gasteiger partial charge is 0.335 e. The van der Waals surface area contributed by atoms with Crippen LogP contribution in [0.4, 0.5) is 0 Å². The first kappa shape index (κ1) is 21.1. The number of benzene rings is 2. The van der Waals surface area contributed by atoms with E-state index >= 15 is 0 Å². The van der Waals surface area contributed by atoms with Crippen molar-refractivity contribution in [2.75, 3.05) is 0 Å². The summed E-state index contributed by atoms with van der Waals surface area (Å²) in [6, 6.07) is 16.1. The van der Waals surface area contributed by atoms with Gasteiger partial charge in [-0.25, -0.2) is 4.79 Å². The van der Waals surface area contributed by atoms with Crippen molar-refractivity contribution in [2.24, 2.45) is 0 Å². The predicted molar refractivity (Wildman–Crippen MR) is 126 cm³/mol. The van der Waals surface area contributed by atoms with Crippen molar-refractivity contribution in [3.05, 3.63) is 87.5 Å². The van der Waals surface area contributed by atoms with Crippen LogP contribution in [0.5, 0.6) is 0 Å². The van der Waals surface area contributed by atoms with Gasteiger partial charge in [-0.1, -0.05) is 59.9 Å². The Labute approximate surface area is 189 Å². The lowest BCUT2D eigenvalue weighted by Gasteiger charge is -2.16. The minimum Gasteiger partial charge on any atom is -0.478 e. The van der Waals surface area contributed by atoms with Crippen molar-refractivity contribution < 1.29 is 19.1 Å². The number of thiocarbonyl (C=S) groups is 1. The highest BCUT2D eigenvalue weighted by Gasteiger charge is 2.32. The van der Waals surface area contributed by atoms with Crippen molar-refractivity contribution in [3.8, 4) is 11.3 Å². The number of carboxylic acid groups (broad SMARTS) is 1. The number of rotatable bonds is 5. The Morgan fingerprint density at radius 3 is 2.55 bits per heavy atom. The first-order valence-corrected chi connectivity index (χ1v) is 10.8. The predicted octanol–water partition coefficient (Wildman–Crippen LogP) is 5.66. The molecule has 1 aliphatic heterocycles. The number of hydrogen-bond acceptors (Lipinski definition) is 5. The summed E-state index contributed by atoms with van der Waals surface area (Å²) >= 11 is 6.70. The molecule has 0 saturated carbocycles. The van der Waals surface area contributed by atoms with Crippen molar-refractivity contribution >= 4 is 46.3 Å². The van der Waals surface area contributed by atoms with E-state index in [9.17, 15) is 9.59 Å². The Balaban J connectivity index is 1.52. The number of furan rings is 1. The van der Waals surface area contributed by atoms with Gasteiger partial charge in [-0.15, -0.1) is 0 Å². The number of hydrogen-bond donors (Lipinski definition) is 1. The van der Waals surface area contributed by atoms with Gasteiger partial charge < -0.3 is 9.52 Å². The molecule has 2 heterocycles.